The Kier molecular flexibility index (Phi) is 7.82. The maximum absolute atomic E-state index is 12.6. The predicted molar refractivity (Wildman–Crippen MR) is 124 cm³/mol. The van der Waals surface area contributed by atoms with Crippen LogP contribution in [-0.2, 0) is 16.0 Å². The maximum Gasteiger partial charge on any atom is 0.338 e. The summed E-state index contributed by atoms with van der Waals surface area (Å²) >= 11 is 8.29. The second kappa shape index (κ2) is 10.4. The van der Waals surface area contributed by atoms with Gasteiger partial charge in [-0.05, 0) is 62.7 Å². The van der Waals surface area contributed by atoms with Crippen molar-refractivity contribution in [2.45, 2.75) is 24.7 Å². The highest BCUT2D eigenvalue weighted by Crippen LogP contribution is 2.22. The van der Waals surface area contributed by atoms with E-state index in [9.17, 15) is 9.59 Å². The third-order valence-electron chi connectivity index (χ3n) is 4.78. The second-order valence-corrected chi connectivity index (χ2v) is 9.40. The van der Waals surface area contributed by atoms with Crippen LogP contribution in [0.1, 0.15) is 32.1 Å². The van der Waals surface area contributed by atoms with Gasteiger partial charge in [-0.1, -0.05) is 23.1 Å². The molecule has 0 spiro atoms. The van der Waals surface area contributed by atoms with Crippen molar-refractivity contribution in [3.05, 3.63) is 56.8 Å². The number of aromatic nitrogens is 3. The van der Waals surface area contributed by atoms with Gasteiger partial charge in [0, 0.05) is 30.6 Å². The van der Waals surface area contributed by atoms with Crippen LogP contribution in [0, 0.1) is 17.8 Å². The molecule has 0 amide bonds. The smallest absolute Gasteiger partial charge is 0.338 e. The molecule has 2 heterocycles. The average Bonchev–Trinajstić information content (AvgIpc) is 3.29. The molecule has 0 saturated heterocycles. The van der Waals surface area contributed by atoms with E-state index < -0.39 is 5.97 Å². The molecule has 0 unspecified atom stereocenters. The summed E-state index contributed by atoms with van der Waals surface area (Å²) in [7, 11) is 1.64. The maximum atomic E-state index is 12.6. The topological polar surface area (TPSA) is 75.3 Å². The van der Waals surface area contributed by atoms with Crippen LogP contribution in [0.3, 0.4) is 0 Å². The molecule has 2 aromatic heterocycles. The lowest BCUT2D eigenvalue weighted by Gasteiger charge is -2.09. The zero-order valence-corrected chi connectivity index (χ0v) is 20.2. The molecule has 3 rings (SSSR count). The number of carbonyl (C=O) groups excluding carboxylic acids is 2. The lowest BCUT2D eigenvalue weighted by atomic mass is 10.1. The van der Waals surface area contributed by atoms with Crippen LogP contribution in [0.4, 0.5) is 0 Å². The summed E-state index contributed by atoms with van der Waals surface area (Å²) in [6.07, 6.45) is 1.94. The average molecular weight is 478 g/mol. The number of ketones is 1. The van der Waals surface area contributed by atoms with Crippen LogP contribution in [0.15, 0.2) is 34.7 Å². The summed E-state index contributed by atoms with van der Waals surface area (Å²) in [5.41, 5.74) is 3.47. The lowest BCUT2D eigenvalue weighted by Crippen LogP contribution is -2.15. The fourth-order valence-corrected chi connectivity index (χ4v) is 4.93. The number of hydrogen-bond acceptors (Lipinski definition) is 8. The van der Waals surface area contributed by atoms with E-state index in [1.165, 1.54) is 23.1 Å². The molecule has 0 N–H and O–H groups in total. The summed E-state index contributed by atoms with van der Waals surface area (Å²) in [6.45, 7) is 4.71. The Morgan fingerprint density at radius 3 is 2.55 bits per heavy atom. The first-order valence-corrected chi connectivity index (χ1v) is 11.9. The third kappa shape index (κ3) is 5.32. The first-order valence-electron chi connectivity index (χ1n) is 9.46. The van der Waals surface area contributed by atoms with E-state index in [1.807, 2.05) is 30.7 Å². The summed E-state index contributed by atoms with van der Waals surface area (Å²) in [6, 6.07) is 8.59. The third-order valence-corrected chi connectivity index (χ3v) is 6.99. The Bertz CT molecular complexity index is 1150. The molecule has 0 fully saturated rings. The van der Waals surface area contributed by atoms with E-state index in [1.54, 1.807) is 36.1 Å². The van der Waals surface area contributed by atoms with Gasteiger partial charge in [-0.2, -0.15) is 0 Å². The Morgan fingerprint density at radius 1 is 1.23 bits per heavy atom. The van der Waals surface area contributed by atoms with Gasteiger partial charge in [-0.3, -0.25) is 4.79 Å². The first kappa shape index (κ1) is 23.4. The van der Waals surface area contributed by atoms with Crippen molar-refractivity contribution in [3.8, 4) is 5.69 Å². The molecule has 7 nitrogen and oxygen atoms in total. The molecule has 0 aliphatic rings. The van der Waals surface area contributed by atoms with Gasteiger partial charge in [0.2, 0.25) is 5.78 Å². The molecular weight excluding hydrogens is 454 g/mol. The largest absolute Gasteiger partial charge is 0.454 e. The Balaban J connectivity index is 1.65. The number of esters is 1. The van der Waals surface area contributed by atoms with Crippen molar-refractivity contribution in [3.63, 3.8) is 0 Å². The molecule has 3 aromatic rings. The van der Waals surface area contributed by atoms with Crippen molar-refractivity contribution in [2.24, 2.45) is 0 Å². The van der Waals surface area contributed by atoms with Gasteiger partial charge in [0.15, 0.2) is 14.9 Å². The molecule has 0 saturated carbocycles. The zero-order chi connectivity index (χ0) is 22.5. The minimum atomic E-state index is -0.556. The summed E-state index contributed by atoms with van der Waals surface area (Å²) in [5.74, 6) is -0.792. The van der Waals surface area contributed by atoms with Gasteiger partial charge < -0.3 is 14.0 Å². The number of thioether (sulfide) groups is 1. The summed E-state index contributed by atoms with van der Waals surface area (Å²) in [4.78, 5) is 25.0. The number of benzene rings is 1. The van der Waals surface area contributed by atoms with Crippen LogP contribution in [0.25, 0.3) is 5.69 Å². The molecule has 1 aromatic carbocycles. The fourth-order valence-electron chi connectivity index (χ4n) is 3.15. The van der Waals surface area contributed by atoms with E-state index >= 15 is 0 Å². The van der Waals surface area contributed by atoms with Gasteiger partial charge in [0.1, 0.15) is 0 Å². The molecular formula is C21H23N3O4S3. The normalized spacial score (nSPS) is 11.0. The molecule has 0 aliphatic carbocycles. The van der Waals surface area contributed by atoms with Crippen molar-refractivity contribution in [1.29, 1.82) is 0 Å². The number of hydrogen-bond donors (Lipinski definition) is 0. The highest BCUT2D eigenvalue weighted by Gasteiger charge is 2.18. The summed E-state index contributed by atoms with van der Waals surface area (Å²) in [5, 5.41) is 4.43. The Morgan fingerprint density at radius 2 is 1.94 bits per heavy atom. The number of methoxy groups -OCH3 is 1. The molecule has 0 atom stereocenters. The Labute approximate surface area is 194 Å². The highest BCUT2D eigenvalue weighted by molar-refractivity contribution is 8.00. The minimum Gasteiger partial charge on any atom is -0.454 e. The standard InChI is InChI=1S/C21H23N3O4S3/c1-13-11-17(14(2)23(13)9-10-27-3)18(25)12-28-19(26)15-5-7-16(8-6-15)24-21(29)31-20(22-24)30-4/h5-8,11H,9-10,12H2,1-4H3. The quantitative estimate of drug-likeness (QED) is 0.195. The van der Waals surface area contributed by atoms with Gasteiger partial charge in [0.05, 0.1) is 17.9 Å². The molecule has 0 bridgehead atoms. The van der Waals surface area contributed by atoms with Gasteiger partial charge in [-0.25, -0.2) is 9.48 Å². The highest BCUT2D eigenvalue weighted by atomic mass is 32.2. The zero-order valence-electron chi connectivity index (χ0n) is 17.7. The van der Waals surface area contributed by atoms with Crippen LogP contribution in [0.2, 0.25) is 0 Å². The first-order chi connectivity index (χ1) is 14.8. The van der Waals surface area contributed by atoms with E-state index in [4.69, 9.17) is 21.7 Å². The van der Waals surface area contributed by atoms with Gasteiger partial charge in [0.25, 0.3) is 0 Å². The number of Topliss-reactive ketones (excluding diaryl/α,β-unsaturated/α-hetero) is 1. The van der Waals surface area contributed by atoms with Crippen LogP contribution >= 0.6 is 35.3 Å². The second-order valence-electron chi connectivity index (χ2n) is 6.73. The number of nitrogens with zero attached hydrogens (tertiary/aromatic N) is 3. The molecule has 164 valence electrons. The van der Waals surface area contributed by atoms with Crippen molar-refractivity contribution < 1.29 is 19.1 Å². The van der Waals surface area contributed by atoms with Crippen LogP contribution in [0.5, 0.6) is 0 Å². The molecule has 31 heavy (non-hydrogen) atoms. The monoisotopic (exact) mass is 477 g/mol. The molecule has 0 radical (unpaired) electrons. The molecule has 0 aliphatic heterocycles. The van der Waals surface area contributed by atoms with E-state index in [0.29, 0.717) is 28.2 Å². The number of carbonyl (C=O) groups is 2. The number of aryl methyl sites for hydroxylation is 1. The lowest BCUT2D eigenvalue weighted by molar-refractivity contribution is 0.0474. The van der Waals surface area contributed by atoms with Crippen LogP contribution < -0.4 is 0 Å². The fraction of sp³-hybridized carbons (Fsp3) is 0.333. The van der Waals surface area contributed by atoms with Crippen molar-refractivity contribution in [2.75, 3.05) is 26.6 Å². The van der Waals surface area contributed by atoms with E-state index in [-0.39, 0.29) is 12.4 Å². The number of ether oxygens (including phenoxy) is 2. The summed E-state index contributed by atoms with van der Waals surface area (Å²) < 4.78 is 15.5. The van der Waals surface area contributed by atoms with E-state index in [2.05, 4.69) is 5.10 Å². The number of rotatable bonds is 9. The van der Waals surface area contributed by atoms with Gasteiger partial charge in [-0.15, -0.1) is 5.10 Å². The van der Waals surface area contributed by atoms with Crippen LogP contribution in [-0.4, -0.2) is 52.7 Å². The van der Waals surface area contributed by atoms with Crippen molar-refractivity contribution >= 4 is 47.1 Å². The molecule has 10 heteroatoms. The minimum absolute atomic E-state index is 0.236. The van der Waals surface area contributed by atoms with E-state index in [0.717, 1.165) is 21.4 Å². The van der Waals surface area contributed by atoms with Crippen molar-refractivity contribution in [1.82, 2.24) is 14.3 Å². The van der Waals surface area contributed by atoms with Gasteiger partial charge >= 0.3 is 5.97 Å². The predicted octanol–water partition coefficient (Wildman–Crippen LogP) is 4.49. The SMILES string of the molecule is COCCn1c(C)cc(C(=O)COC(=O)c2ccc(-n3nc(SC)sc3=S)cc2)c1C. The Hall–Kier alpha value is -2.27.